The zero-order chi connectivity index (χ0) is 24.8. The molecule has 35 heavy (non-hydrogen) atoms. The van der Waals surface area contributed by atoms with E-state index in [4.69, 9.17) is 9.47 Å². The average Bonchev–Trinajstić information content (AvgIpc) is 3.49. The van der Waals surface area contributed by atoms with Crippen LogP contribution in [0.3, 0.4) is 0 Å². The molecule has 1 fully saturated rings. The Morgan fingerprint density at radius 3 is 2.71 bits per heavy atom. The van der Waals surface area contributed by atoms with Crippen LogP contribution >= 0.6 is 11.3 Å². The molecule has 1 amide bonds. The van der Waals surface area contributed by atoms with Gasteiger partial charge in [0.05, 0.1) is 25.3 Å². The predicted octanol–water partition coefficient (Wildman–Crippen LogP) is 4.14. The predicted molar refractivity (Wildman–Crippen MR) is 135 cm³/mol. The number of nitrogens with zero attached hydrogens (tertiary/aromatic N) is 2. The van der Waals surface area contributed by atoms with Crippen LogP contribution in [0.25, 0.3) is 0 Å². The second-order valence-corrected chi connectivity index (χ2v) is 11.1. The van der Waals surface area contributed by atoms with Crippen LogP contribution in [0.2, 0.25) is 0 Å². The Morgan fingerprint density at radius 2 is 2.00 bits per heavy atom. The number of halogens is 1. The van der Waals surface area contributed by atoms with Gasteiger partial charge in [-0.05, 0) is 72.4 Å². The van der Waals surface area contributed by atoms with Crippen molar-refractivity contribution in [2.75, 3.05) is 46.0 Å². The van der Waals surface area contributed by atoms with E-state index in [1.54, 1.807) is 23.5 Å². The van der Waals surface area contributed by atoms with Crippen molar-refractivity contribution in [1.82, 2.24) is 9.80 Å². The minimum Gasteiger partial charge on any atom is -0.491 e. The molecule has 1 aliphatic heterocycles. The lowest BCUT2D eigenvalue weighted by Gasteiger charge is -2.37. The largest absolute Gasteiger partial charge is 0.491 e. The first-order chi connectivity index (χ1) is 16.9. The average molecular weight is 505 g/mol. The number of aliphatic hydroxyl groups is 1. The van der Waals surface area contributed by atoms with E-state index in [0.29, 0.717) is 43.9 Å². The molecule has 0 spiro atoms. The first kappa shape index (κ1) is 26.1. The molecule has 8 heteroatoms. The number of aliphatic hydroxyl groups excluding tert-OH is 1. The van der Waals surface area contributed by atoms with Gasteiger partial charge in [0.1, 0.15) is 18.2 Å². The number of benzene rings is 1. The van der Waals surface area contributed by atoms with Crippen LogP contribution in [0.1, 0.15) is 43.2 Å². The molecule has 0 unspecified atom stereocenters. The fourth-order valence-electron chi connectivity index (χ4n) is 4.52. The van der Waals surface area contributed by atoms with Gasteiger partial charge in [-0.25, -0.2) is 4.39 Å². The Hall–Kier alpha value is -2.00. The van der Waals surface area contributed by atoms with Crippen molar-refractivity contribution in [2.45, 2.75) is 45.3 Å². The molecule has 2 aromatic rings. The number of hydrogen-bond acceptors (Lipinski definition) is 6. The van der Waals surface area contributed by atoms with Gasteiger partial charge in [-0.15, -0.1) is 11.3 Å². The maximum Gasteiger partial charge on any atom is 0.237 e. The topological polar surface area (TPSA) is 62.2 Å². The van der Waals surface area contributed by atoms with Crippen molar-refractivity contribution >= 4 is 17.2 Å². The normalized spacial score (nSPS) is 18.7. The van der Waals surface area contributed by atoms with Crippen LogP contribution in [-0.4, -0.2) is 72.9 Å². The van der Waals surface area contributed by atoms with Crippen molar-refractivity contribution < 1.29 is 23.8 Å². The summed E-state index contributed by atoms with van der Waals surface area (Å²) in [6.45, 7) is 7.53. The lowest BCUT2D eigenvalue weighted by atomic mass is 10.0. The fraction of sp³-hybridized carbons (Fsp3) is 0.593. The molecule has 192 valence electrons. The Morgan fingerprint density at radius 1 is 1.23 bits per heavy atom. The maximum atomic E-state index is 13.6. The van der Waals surface area contributed by atoms with Crippen molar-refractivity contribution in [3.05, 3.63) is 52.0 Å². The standard InChI is InChI=1S/C27H37FN2O4S/c1-19(2)16-33-17-22(31)14-29(13-20-3-4-20)15-27(32)30-11-9-26-24(10-12-35-26)25(30)18-34-23-7-5-21(28)6-8-23/h5-8,10,12,19-20,22,25,31H,3-4,9,11,13-18H2,1-2H3/t22-,25-/m1/s1. The van der Waals surface area contributed by atoms with Crippen molar-refractivity contribution in [3.8, 4) is 5.75 Å². The third kappa shape index (κ3) is 7.74. The van der Waals surface area contributed by atoms with Crippen LogP contribution in [-0.2, 0) is 16.0 Å². The lowest BCUT2D eigenvalue weighted by Crippen LogP contribution is -2.48. The Bertz CT molecular complexity index is 947. The molecule has 0 radical (unpaired) electrons. The summed E-state index contributed by atoms with van der Waals surface area (Å²) in [5.41, 5.74) is 1.13. The van der Waals surface area contributed by atoms with Gasteiger partial charge in [-0.2, -0.15) is 0 Å². The monoisotopic (exact) mass is 504 g/mol. The second kappa shape index (κ2) is 12.3. The van der Waals surface area contributed by atoms with Gasteiger partial charge >= 0.3 is 0 Å². The van der Waals surface area contributed by atoms with E-state index in [2.05, 4.69) is 30.2 Å². The molecule has 2 heterocycles. The smallest absolute Gasteiger partial charge is 0.237 e. The molecule has 0 bridgehead atoms. The van der Waals surface area contributed by atoms with E-state index in [1.165, 1.54) is 29.9 Å². The second-order valence-electron chi connectivity index (χ2n) is 10.1. The van der Waals surface area contributed by atoms with Gasteiger partial charge < -0.3 is 19.5 Å². The van der Waals surface area contributed by atoms with Gasteiger partial charge in [-0.1, -0.05) is 13.8 Å². The van der Waals surface area contributed by atoms with Gasteiger partial charge in [0, 0.05) is 31.1 Å². The molecule has 1 aromatic carbocycles. The highest BCUT2D eigenvalue weighted by molar-refractivity contribution is 7.10. The minimum absolute atomic E-state index is 0.0468. The summed E-state index contributed by atoms with van der Waals surface area (Å²) in [6.07, 6.45) is 2.57. The van der Waals surface area contributed by atoms with Crippen LogP contribution in [0.4, 0.5) is 4.39 Å². The molecule has 0 saturated heterocycles. The van der Waals surface area contributed by atoms with E-state index in [1.807, 2.05) is 4.90 Å². The molecule has 1 aliphatic carbocycles. The molecule has 1 saturated carbocycles. The van der Waals surface area contributed by atoms with E-state index >= 15 is 0 Å². The van der Waals surface area contributed by atoms with Crippen LogP contribution < -0.4 is 4.74 Å². The Labute approximate surface area is 211 Å². The molecule has 2 aliphatic rings. The SMILES string of the molecule is CC(C)COC[C@H](O)CN(CC(=O)N1CCc2sccc2[C@H]1COc1ccc(F)cc1)CC1CC1. The minimum atomic E-state index is -0.622. The Balaban J connectivity index is 1.40. The molecule has 4 rings (SSSR count). The lowest BCUT2D eigenvalue weighted by molar-refractivity contribution is -0.136. The Kier molecular flexibility index (Phi) is 9.16. The summed E-state index contributed by atoms with van der Waals surface area (Å²) in [5.74, 6) is 1.35. The molecule has 2 atom stereocenters. The van der Waals surface area contributed by atoms with Crippen LogP contribution in [0, 0.1) is 17.7 Å². The number of hydrogen-bond donors (Lipinski definition) is 1. The van der Waals surface area contributed by atoms with E-state index in [0.717, 1.165) is 18.5 Å². The molecular weight excluding hydrogens is 467 g/mol. The first-order valence-electron chi connectivity index (χ1n) is 12.6. The van der Waals surface area contributed by atoms with Crippen molar-refractivity contribution in [2.24, 2.45) is 11.8 Å². The summed E-state index contributed by atoms with van der Waals surface area (Å²) in [5, 5.41) is 12.6. The summed E-state index contributed by atoms with van der Waals surface area (Å²) in [4.78, 5) is 18.9. The van der Waals surface area contributed by atoms with Gasteiger partial charge in [0.15, 0.2) is 0 Å². The molecule has 1 N–H and O–H groups in total. The van der Waals surface area contributed by atoms with Gasteiger partial charge in [0.2, 0.25) is 5.91 Å². The highest BCUT2D eigenvalue weighted by Crippen LogP contribution is 2.34. The number of amides is 1. The zero-order valence-electron chi connectivity index (χ0n) is 20.7. The number of thiophene rings is 1. The van der Waals surface area contributed by atoms with Crippen LogP contribution in [0.15, 0.2) is 35.7 Å². The van der Waals surface area contributed by atoms with Crippen molar-refractivity contribution in [3.63, 3.8) is 0 Å². The van der Waals surface area contributed by atoms with E-state index in [-0.39, 0.29) is 30.9 Å². The fourth-order valence-corrected chi connectivity index (χ4v) is 5.45. The maximum absolute atomic E-state index is 13.6. The number of rotatable bonds is 13. The van der Waals surface area contributed by atoms with Gasteiger partial charge in [-0.3, -0.25) is 9.69 Å². The molecule has 1 aromatic heterocycles. The third-order valence-electron chi connectivity index (χ3n) is 6.44. The number of carbonyl (C=O) groups excluding carboxylic acids is 1. The molecule has 6 nitrogen and oxygen atoms in total. The number of ether oxygens (including phenoxy) is 2. The molecular formula is C27H37FN2O4S. The highest BCUT2D eigenvalue weighted by atomic mass is 32.1. The first-order valence-corrected chi connectivity index (χ1v) is 13.5. The van der Waals surface area contributed by atoms with Crippen LogP contribution in [0.5, 0.6) is 5.75 Å². The quantitative estimate of drug-likeness (QED) is 0.444. The highest BCUT2D eigenvalue weighted by Gasteiger charge is 2.34. The summed E-state index contributed by atoms with van der Waals surface area (Å²) < 4.78 is 24.9. The third-order valence-corrected chi connectivity index (χ3v) is 7.44. The number of carbonyl (C=O) groups is 1. The van der Waals surface area contributed by atoms with E-state index < -0.39 is 6.10 Å². The summed E-state index contributed by atoms with van der Waals surface area (Å²) in [6, 6.07) is 7.86. The summed E-state index contributed by atoms with van der Waals surface area (Å²) >= 11 is 1.71. The number of fused-ring (bicyclic) bond motifs is 1. The summed E-state index contributed by atoms with van der Waals surface area (Å²) in [7, 11) is 0. The van der Waals surface area contributed by atoms with E-state index in [9.17, 15) is 14.3 Å². The van der Waals surface area contributed by atoms with Crippen molar-refractivity contribution in [1.29, 1.82) is 0 Å². The van der Waals surface area contributed by atoms with Gasteiger partial charge in [0.25, 0.3) is 0 Å². The zero-order valence-corrected chi connectivity index (χ0v) is 21.5.